The Morgan fingerprint density at radius 1 is 0.848 bits per heavy atom. The maximum atomic E-state index is 13.5. The third-order valence-corrected chi connectivity index (χ3v) is 7.88. The molecule has 0 heterocycles. The molecule has 0 spiro atoms. The van der Waals surface area contributed by atoms with Gasteiger partial charge in [0, 0.05) is 11.1 Å². The van der Waals surface area contributed by atoms with Gasteiger partial charge in [-0.3, -0.25) is 9.10 Å². The van der Waals surface area contributed by atoms with Gasteiger partial charge in [0.15, 0.2) is 0 Å². The van der Waals surface area contributed by atoms with Crippen molar-refractivity contribution in [2.45, 2.75) is 24.7 Å². The van der Waals surface area contributed by atoms with Crippen molar-refractivity contribution >= 4 is 38.1 Å². The molecule has 1 aliphatic rings. The van der Waals surface area contributed by atoms with Crippen LogP contribution in [-0.4, -0.2) is 20.9 Å². The van der Waals surface area contributed by atoms with Crippen LogP contribution in [0.4, 0.5) is 11.4 Å². The molecule has 4 aromatic carbocycles. The Kier molecular flexibility index (Phi) is 5.38. The molecule has 0 aliphatic heterocycles. The van der Waals surface area contributed by atoms with Crippen LogP contribution in [0.3, 0.4) is 0 Å². The van der Waals surface area contributed by atoms with E-state index < -0.39 is 15.9 Å². The Hall–Kier alpha value is -3.64. The molecule has 0 bridgehead atoms. The lowest BCUT2D eigenvalue weighted by Gasteiger charge is -2.24. The highest BCUT2D eigenvalue weighted by Crippen LogP contribution is 2.35. The van der Waals surface area contributed by atoms with Gasteiger partial charge in [-0.15, -0.1) is 0 Å². The van der Waals surface area contributed by atoms with E-state index in [0.717, 1.165) is 28.1 Å². The maximum Gasteiger partial charge on any atom is 0.264 e. The Labute approximate surface area is 193 Å². The summed E-state index contributed by atoms with van der Waals surface area (Å²) in [6.45, 7) is 1.57. The molecule has 1 aliphatic carbocycles. The van der Waals surface area contributed by atoms with Gasteiger partial charge in [0.25, 0.3) is 10.0 Å². The van der Waals surface area contributed by atoms with E-state index in [1.165, 1.54) is 16.5 Å². The normalized spacial score (nSPS) is 12.6. The molecule has 6 heteroatoms. The predicted molar refractivity (Wildman–Crippen MR) is 132 cm³/mol. The minimum absolute atomic E-state index is 0.148. The standard InChI is InChI=1S/C27H24N2O3S/c1-19-10-15-23(16-11-19)33(31,32)29(22-7-3-2-4-8-22)18-26(30)28-25-17-14-21-13-12-20-6-5-9-24(25)27(20)21/h2-11,14-17H,12-13,18H2,1H3,(H,28,30). The molecular weight excluding hydrogens is 432 g/mol. The number of sulfonamides is 1. The van der Waals surface area contributed by atoms with Gasteiger partial charge in [-0.05, 0) is 66.6 Å². The topological polar surface area (TPSA) is 66.5 Å². The van der Waals surface area contributed by atoms with E-state index in [9.17, 15) is 13.2 Å². The Morgan fingerprint density at radius 2 is 1.55 bits per heavy atom. The molecule has 0 radical (unpaired) electrons. The Morgan fingerprint density at radius 3 is 2.27 bits per heavy atom. The number of amides is 1. The number of hydrogen-bond acceptors (Lipinski definition) is 3. The summed E-state index contributed by atoms with van der Waals surface area (Å²) < 4.78 is 28.1. The lowest BCUT2D eigenvalue weighted by Crippen LogP contribution is -2.38. The monoisotopic (exact) mass is 456 g/mol. The minimum atomic E-state index is -3.93. The fourth-order valence-corrected chi connectivity index (χ4v) is 5.84. The number of nitrogens with zero attached hydrogens (tertiary/aromatic N) is 1. The van der Waals surface area contributed by atoms with Gasteiger partial charge in [-0.1, -0.05) is 60.2 Å². The first-order valence-corrected chi connectivity index (χ1v) is 12.4. The third kappa shape index (κ3) is 3.98. The Bertz CT molecular complexity index is 1440. The van der Waals surface area contributed by atoms with Crippen molar-refractivity contribution in [2.75, 3.05) is 16.2 Å². The van der Waals surface area contributed by atoms with Gasteiger partial charge >= 0.3 is 0 Å². The summed E-state index contributed by atoms with van der Waals surface area (Å²) in [4.78, 5) is 13.3. The van der Waals surface area contributed by atoms with Gasteiger partial charge in [0.05, 0.1) is 10.6 Å². The van der Waals surface area contributed by atoms with Crippen LogP contribution >= 0.6 is 0 Å². The fourth-order valence-electron chi connectivity index (χ4n) is 4.42. The van der Waals surface area contributed by atoms with Gasteiger partial charge in [-0.2, -0.15) is 0 Å². The predicted octanol–water partition coefficient (Wildman–Crippen LogP) is 5.08. The van der Waals surface area contributed by atoms with Crippen LogP contribution in [0.25, 0.3) is 10.8 Å². The van der Waals surface area contributed by atoms with E-state index in [0.29, 0.717) is 11.4 Å². The summed E-state index contributed by atoms with van der Waals surface area (Å²) in [5, 5.41) is 5.14. The van der Waals surface area contributed by atoms with E-state index in [4.69, 9.17) is 0 Å². The lowest BCUT2D eigenvalue weighted by molar-refractivity contribution is -0.114. The molecule has 0 unspecified atom stereocenters. The lowest BCUT2D eigenvalue weighted by atomic mass is 10.0. The summed E-state index contributed by atoms with van der Waals surface area (Å²) in [5.41, 5.74) is 4.67. The van der Waals surface area contributed by atoms with Crippen molar-refractivity contribution in [2.24, 2.45) is 0 Å². The average Bonchev–Trinajstić information content (AvgIpc) is 3.25. The number of aryl methyl sites for hydroxylation is 3. The van der Waals surface area contributed by atoms with Crippen molar-refractivity contribution in [1.29, 1.82) is 0 Å². The van der Waals surface area contributed by atoms with Crippen LogP contribution in [0.5, 0.6) is 0 Å². The molecule has 5 rings (SSSR count). The van der Waals surface area contributed by atoms with Gasteiger partial charge in [0.2, 0.25) is 5.91 Å². The number of carbonyl (C=O) groups is 1. The van der Waals surface area contributed by atoms with Crippen LogP contribution in [0, 0.1) is 6.92 Å². The smallest absolute Gasteiger partial charge is 0.264 e. The highest BCUT2D eigenvalue weighted by atomic mass is 32.2. The molecular formula is C27H24N2O3S. The van der Waals surface area contributed by atoms with Crippen LogP contribution in [0.1, 0.15) is 16.7 Å². The summed E-state index contributed by atoms with van der Waals surface area (Å²) in [6.07, 6.45) is 2.00. The molecule has 0 saturated heterocycles. The van der Waals surface area contributed by atoms with E-state index in [1.807, 2.05) is 37.3 Å². The number of nitrogens with one attached hydrogen (secondary N) is 1. The molecule has 0 atom stereocenters. The van der Waals surface area contributed by atoms with Crippen LogP contribution in [0.2, 0.25) is 0 Å². The van der Waals surface area contributed by atoms with E-state index in [1.54, 1.807) is 48.5 Å². The van der Waals surface area contributed by atoms with E-state index in [-0.39, 0.29) is 11.4 Å². The fraction of sp³-hybridized carbons (Fsp3) is 0.148. The first-order valence-electron chi connectivity index (χ1n) is 10.9. The first-order chi connectivity index (χ1) is 15.9. The van der Waals surface area contributed by atoms with Crippen molar-refractivity contribution in [3.05, 3.63) is 102 Å². The van der Waals surface area contributed by atoms with Crippen LogP contribution < -0.4 is 9.62 Å². The SMILES string of the molecule is Cc1ccc(S(=O)(=O)N(CC(=O)Nc2ccc3c4c(cccc24)CC3)c2ccccc2)cc1. The second kappa shape index (κ2) is 8.37. The highest BCUT2D eigenvalue weighted by molar-refractivity contribution is 7.92. The minimum Gasteiger partial charge on any atom is -0.324 e. The van der Waals surface area contributed by atoms with Crippen molar-refractivity contribution in [3.8, 4) is 0 Å². The molecule has 1 amide bonds. The third-order valence-electron chi connectivity index (χ3n) is 6.09. The number of hydrogen-bond donors (Lipinski definition) is 1. The average molecular weight is 457 g/mol. The number of rotatable bonds is 6. The van der Waals surface area contributed by atoms with E-state index >= 15 is 0 Å². The number of carbonyl (C=O) groups excluding carboxylic acids is 1. The molecule has 4 aromatic rings. The summed E-state index contributed by atoms with van der Waals surface area (Å²) in [5.74, 6) is -0.395. The largest absolute Gasteiger partial charge is 0.324 e. The summed E-state index contributed by atoms with van der Waals surface area (Å²) in [6, 6.07) is 25.4. The zero-order valence-corrected chi connectivity index (χ0v) is 19.1. The van der Waals surface area contributed by atoms with Gasteiger partial charge in [-0.25, -0.2) is 8.42 Å². The molecule has 1 N–H and O–H groups in total. The van der Waals surface area contributed by atoms with Gasteiger partial charge < -0.3 is 5.32 Å². The molecule has 166 valence electrons. The zero-order chi connectivity index (χ0) is 23.0. The van der Waals surface area contributed by atoms with Crippen molar-refractivity contribution in [1.82, 2.24) is 0 Å². The number of benzene rings is 4. The molecule has 5 nitrogen and oxygen atoms in total. The highest BCUT2D eigenvalue weighted by Gasteiger charge is 2.27. The molecule has 0 saturated carbocycles. The second-order valence-electron chi connectivity index (χ2n) is 8.32. The second-order valence-corrected chi connectivity index (χ2v) is 10.2. The number of anilines is 2. The van der Waals surface area contributed by atoms with Crippen LogP contribution in [-0.2, 0) is 27.7 Å². The van der Waals surface area contributed by atoms with Crippen molar-refractivity contribution in [3.63, 3.8) is 0 Å². The first kappa shape index (κ1) is 21.2. The summed E-state index contributed by atoms with van der Waals surface area (Å²) >= 11 is 0. The summed E-state index contributed by atoms with van der Waals surface area (Å²) in [7, 11) is -3.93. The quantitative estimate of drug-likeness (QED) is 0.440. The van der Waals surface area contributed by atoms with Gasteiger partial charge in [0.1, 0.15) is 6.54 Å². The Balaban J connectivity index is 1.48. The number of para-hydroxylation sites is 1. The zero-order valence-electron chi connectivity index (χ0n) is 18.3. The maximum absolute atomic E-state index is 13.5. The molecule has 0 fully saturated rings. The molecule has 0 aromatic heterocycles. The van der Waals surface area contributed by atoms with Crippen molar-refractivity contribution < 1.29 is 13.2 Å². The molecule has 33 heavy (non-hydrogen) atoms. The van der Waals surface area contributed by atoms with E-state index in [2.05, 4.69) is 11.4 Å². The van der Waals surface area contributed by atoms with Crippen LogP contribution in [0.15, 0.2) is 89.8 Å².